The van der Waals surface area contributed by atoms with E-state index >= 15 is 0 Å². The van der Waals surface area contributed by atoms with Crippen LogP contribution in [0.4, 0.5) is 0 Å². The van der Waals surface area contributed by atoms with E-state index in [-0.39, 0.29) is 0 Å². The van der Waals surface area contributed by atoms with Crippen molar-refractivity contribution in [3.05, 3.63) is 66.7 Å². The molecule has 0 aliphatic heterocycles. The molecular weight excluding hydrogens is 262 g/mol. The summed E-state index contributed by atoms with van der Waals surface area (Å²) in [7, 11) is 1.80. The van der Waals surface area contributed by atoms with Crippen LogP contribution in [0.25, 0.3) is 21.9 Å². The fraction of sp³-hybridized carbons (Fsp3) is 0.0588. The van der Waals surface area contributed by atoms with E-state index in [1.807, 2.05) is 30.3 Å². The zero-order valence-corrected chi connectivity index (χ0v) is 11.7. The number of fused-ring (bicyclic) bond motifs is 3. The van der Waals surface area contributed by atoms with Gasteiger partial charge in [-0.2, -0.15) is 0 Å². The number of furan rings is 1. The Morgan fingerprint density at radius 1 is 1.29 bits per heavy atom. The second-order valence-corrected chi connectivity index (χ2v) is 4.69. The highest BCUT2D eigenvalue weighted by Gasteiger charge is 2.11. The molecule has 0 fully saturated rings. The molecule has 0 atom stereocenters. The molecule has 3 aromatic rings. The molecule has 4 nitrogen and oxygen atoms in total. The zero-order chi connectivity index (χ0) is 14.8. The summed E-state index contributed by atoms with van der Waals surface area (Å²) in [5, 5.41) is 13.1. The van der Waals surface area contributed by atoms with E-state index in [1.165, 1.54) is 0 Å². The van der Waals surface area contributed by atoms with Gasteiger partial charge in [0.15, 0.2) is 5.58 Å². The standard InChI is InChI=1S/C17H15N3O/c1-11(7-8-19-2)17(18)14-9-13-12-5-3-4-6-15(12)21-16(13)10-20-14/h3-10,18-19H,1H2,2H3/b8-7-,18-17?. The maximum Gasteiger partial charge on any atom is 0.153 e. The molecule has 2 heterocycles. The SMILES string of the molecule is C=C(/C=C\NC)C(=N)c1cc2c(cn1)oc1ccccc12. The molecule has 0 saturated heterocycles. The Bertz CT molecular complexity index is 874. The maximum absolute atomic E-state index is 8.18. The average molecular weight is 277 g/mol. The van der Waals surface area contributed by atoms with Crippen LogP contribution in [-0.4, -0.2) is 17.7 Å². The molecule has 3 rings (SSSR count). The second kappa shape index (κ2) is 5.25. The number of hydrogen-bond donors (Lipinski definition) is 2. The van der Waals surface area contributed by atoms with Crippen LogP contribution in [0, 0.1) is 5.41 Å². The van der Waals surface area contributed by atoms with Gasteiger partial charge in [-0.25, -0.2) is 0 Å². The van der Waals surface area contributed by atoms with Crippen molar-refractivity contribution >= 4 is 27.7 Å². The van der Waals surface area contributed by atoms with Gasteiger partial charge < -0.3 is 9.73 Å². The summed E-state index contributed by atoms with van der Waals surface area (Å²) in [6, 6.07) is 9.71. The van der Waals surface area contributed by atoms with E-state index in [2.05, 4.69) is 16.9 Å². The van der Waals surface area contributed by atoms with Crippen molar-refractivity contribution in [1.82, 2.24) is 10.3 Å². The number of para-hydroxylation sites is 1. The van der Waals surface area contributed by atoms with Crippen molar-refractivity contribution in [2.75, 3.05) is 7.05 Å². The molecule has 0 saturated carbocycles. The quantitative estimate of drug-likeness (QED) is 0.565. The highest BCUT2D eigenvalue weighted by atomic mass is 16.3. The Kier molecular flexibility index (Phi) is 3.28. The van der Waals surface area contributed by atoms with Crippen molar-refractivity contribution < 1.29 is 4.42 Å². The lowest BCUT2D eigenvalue weighted by Gasteiger charge is -2.03. The van der Waals surface area contributed by atoms with Crippen LogP contribution in [0.3, 0.4) is 0 Å². The largest absolute Gasteiger partial charge is 0.454 e. The Morgan fingerprint density at radius 3 is 2.90 bits per heavy atom. The molecule has 104 valence electrons. The second-order valence-electron chi connectivity index (χ2n) is 4.69. The van der Waals surface area contributed by atoms with Crippen LogP contribution >= 0.6 is 0 Å². The lowest BCUT2D eigenvalue weighted by Crippen LogP contribution is -2.04. The fourth-order valence-corrected chi connectivity index (χ4v) is 2.20. The van der Waals surface area contributed by atoms with Gasteiger partial charge in [0.25, 0.3) is 0 Å². The van der Waals surface area contributed by atoms with E-state index in [9.17, 15) is 0 Å². The normalized spacial score (nSPS) is 11.3. The summed E-state index contributed by atoms with van der Waals surface area (Å²) < 4.78 is 5.73. The predicted octanol–water partition coefficient (Wildman–Crippen LogP) is 3.64. The number of hydrogen-bond acceptors (Lipinski definition) is 4. The van der Waals surface area contributed by atoms with Gasteiger partial charge in [-0.1, -0.05) is 24.8 Å². The molecule has 2 N–H and O–H groups in total. The van der Waals surface area contributed by atoms with E-state index in [4.69, 9.17) is 9.83 Å². The lowest BCUT2D eigenvalue weighted by atomic mass is 10.1. The van der Waals surface area contributed by atoms with Crippen molar-refractivity contribution in [2.24, 2.45) is 0 Å². The maximum atomic E-state index is 8.18. The third kappa shape index (κ3) is 2.31. The lowest BCUT2D eigenvalue weighted by molar-refractivity contribution is 0.667. The van der Waals surface area contributed by atoms with Gasteiger partial charge in [-0.05, 0) is 30.0 Å². The van der Waals surface area contributed by atoms with Crippen LogP contribution in [0.1, 0.15) is 5.69 Å². The van der Waals surface area contributed by atoms with Gasteiger partial charge in [0.05, 0.1) is 17.6 Å². The minimum absolute atomic E-state index is 0.300. The molecular formula is C17H15N3O. The van der Waals surface area contributed by atoms with Crippen molar-refractivity contribution in [3.63, 3.8) is 0 Å². The van der Waals surface area contributed by atoms with Crippen molar-refractivity contribution in [3.8, 4) is 0 Å². The Hall–Kier alpha value is -2.88. The first-order valence-corrected chi connectivity index (χ1v) is 6.60. The molecule has 2 aromatic heterocycles. The number of nitrogens with zero attached hydrogens (tertiary/aromatic N) is 1. The molecule has 1 aromatic carbocycles. The number of aromatic nitrogens is 1. The average Bonchev–Trinajstić information content (AvgIpc) is 2.89. The van der Waals surface area contributed by atoms with E-state index < -0.39 is 0 Å². The van der Waals surface area contributed by atoms with Gasteiger partial charge in [-0.15, -0.1) is 0 Å². The molecule has 0 unspecified atom stereocenters. The fourth-order valence-electron chi connectivity index (χ4n) is 2.20. The van der Waals surface area contributed by atoms with E-state index in [0.29, 0.717) is 17.0 Å². The van der Waals surface area contributed by atoms with Crippen LogP contribution in [0.15, 0.2) is 65.4 Å². The van der Waals surface area contributed by atoms with Gasteiger partial charge >= 0.3 is 0 Å². The highest BCUT2D eigenvalue weighted by molar-refractivity contribution is 6.14. The highest BCUT2D eigenvalue weighted by Crippen LogP contribution is 2.28. The number of benzene rings is 1. The van der Waals surface area contributed by atoms with Crippen LogP contribution in [0.5, 0.6) is 0 Å². The summed E-state index contributed by atoms with van der Waals surface area (Å²) in [4.78, 5) is 4.30. The third-order valence-corrected chi connectivity index (χ3v) is 3.29. The topological polar surface area (TPSA) is 61.9 Å². The van der Waals surface area contributed by atoms with Gasteiger partial charge in [0.1, 0.15) is 5.58 Å². The summed E-state index contributed by atoms with van der Waals surface area (Å²) in [5.41, 5.74) is 3.04. The van der Waals surface area contributed by atoms with Crippen LogP contribution in [0.2, 0.25) is 0 Å². The number of allylic oxidation sites excluding steroid dienone is 2. The Labute approximate surface area is 122 Å². The van der Waals surface area contributed by atoms with Crippen LogP contribution < -0.4 is 5.32 Å². The van der Waals surface area contributed by atoms with Crippen molar-refractivity contribution in [1.29, 1.82) is 5.41 Å². The first-order chi connectivity index (χ1) is 10.2. The van der Waals surface area contributed by atoms with Crippen LogP contribution in [-0.2, 0) is 0 Å². The molecule has 21 heavy (non-hydrogen) atoms. The number of nitrogens with one attached hydrogen (secondary N) is 2. The smallest absolute Gasteiger partial charge is 0.153 e. The van der Waals surface area contributed by atoms with Crippen molar-refractivity contribution in [2.45, 2.75) is 0 Å². The summed E-state index contributed by atoms with van der Waals surface area (Å²) >= 11 is 0. The number of pyridine rings is 1. The summed E-state index contributed by atoms with van der Waals surface area (Å²) in [5.74, 6) is 0. The third-order valence-electron chi connectivity index (χ3n) is 3.29. The molecule has 0 spiro atoms. The minimum Gasteiger partial charge on any atom is -0.454 e. The summed E-state index contributed by atoms with van der Waals surface area (Å²) in [6.45, 7) is 3.88. The molecule has 4 heteroatoms. The zero-order valence-electron chi connectivity index (χ0n) is 11.7. The van der Waals surface area contributed by atoms with Gasteiger partial charge in [-0.3, -0.25) is 10.4 Å². The molecule has 0 radical (unpaired) electrons. The molecule has 0 amide bonds. The Balaban J connectivity index is 2.08. The van der Waals surface area contributed by atoms with Gasteiger partial charge in [0, 0.05) is 17.8 Å². The molecule has 0 bridgehead atoms. The number of rotatable bonds is 4. The molecule has 0 aliphatic carbocycles. The first-order valence-electron chi connectivity index (χ1n) is 6.60. The monoisotopic (exact) mass is 277 g/mol. The summed E-state index contributed by atoms with van der Waals surface area (Å²) in [6.07, 6.45) is 5.15. The minimum atomic E-state index is 0.300. The first kappa shape index (κ1) is 13.1. The Morgan fingerprint density at radius 2 is 2.10 bits per heavy atom. The van der Waals surface area contributed by atoms with E-state index in [0.717, 1.165) is 21.9 Å². The molecule has 0 aliphatic rings. The van der Waals surface area contributed by atoms with E-state index in [1.54, 1.807) is 25.5 Å². The van der Waals surface area contributed by atoms with Gasteiger partial charge in [0.2, 0.25) is 0 Å². The predicted molar refractivity (Wildman–Crippen MR) is 85.7 cm³/mol.